The lowest BCUT2D eigenvalue weighted by molar-refractivity contribution is -0.120. The number of hydrogen-bond acceptors (Lipinski definition) is 5. The number of carbonyl (C=O) groups is 2. The number of ether oxygens (including phenoxy) is 2. The van der Waals surface area contributed by atoms with E-state index in [2.05, 4.69) is 21.0 Å². The lowest BCUT2D eigenvalue weighted by atomic mass is 10.1. The van der Waals surface area contributed by atoms with Gasteiger partial charge in [-0.3, -0.25) is 9.59 Å². The molecule has 2 aromatic rings. The van der Waals surface area contributed by atoms with Crippen molar-refractivity contribution in [3.8, 4) is 11.5 Å². The van der Waals surface area contributed by atoms with Crippen molar-refractivity contribution < 1.29 is 19.1 Å². The summed E-state index contributed by atoms with van der Waals surface area (Å²) in [7, 11) is 1.49. The summed E-state index contributed by atoms with van der Waals surface area (Å²) in [4.78, 5) is 23.8. The van der Waals surface area contributed by atoms with E-state index in [9.17, 15) is 9.59 Å². The number of carbonyl (C=O) groups excluding carboxylic acids is 2. The van der Waals surface area contributed by atoms with Crippen LogP contribution in [0.15, 0.2) is 57.6 Å². The lowest BCUT2D eigenvalue weighted by Gasteiger charge is -2.12. The van der Waals surface area contributed by atoms with E-state index in [4.69, 9.17) is 15.2 Å². The van der Waals surface area contributed by atoms with Crippen LogP contribution in [0.5, 0.6) is 11.5 Å². The molecule has 0 fully saturated rings. The van der Waals surface area contributed by atoms with Gasteiger partial charge in [0.25, 0.3) is 11.8 Å². The van der Waals surface area contributed by atoms with Crippen molar-refractivity contribution in [2.75, 3.05) is 18.7 Å². The van der Waals surface area contributed by atoms with Gasteiger partial charge >= 0.3 is 0 Å². The Morgan fingerprint density at radius 3 is 2.71 bits per heavy atom. The molecule has 0 spiro atoms. The van der Waals surface area contributed by atoms with E-state index in [0.29, 0.717) is 28.5 Å². The number of primary amides is 1. The molecule has 0 saturated carbocycles. The van der Waals surface area contributed by atoms with Crippen LogP contribution < -0.4 is 20.2 Å². The Morgan fingerprint density at radius 2 is 2.04 bits per heavy atom. The van der Waals surface area contributed by atoms with Crippen LogP contribution in [-0.4, -0.2) is 31.2 Å². The molecule has 2 N–H and O–H groups in total. The van der Waals surface area contributed by atoms with E-state index in [0.717, 1.165) is 10.0 Å². The summed E-state index contributed by atoms with van der Waals surface area (Å²) in [5, 5.41) is 5.74. The minimum absolute atomic E-state index is 0.219. The number of methoxy groups -OCH3 is 1. The molecule has 0 aliphatic carbocycles. The van der Waals surface area contributed by atoms with Gasteiger partial charge in [-0.05, 0) is 48.9 Å². The largest absolute Gasteiger partial charge is 0.493 e. The number of nitrogens with two attached hydrogens (primary N) is 1. The van der Waals surface area contributed by atoms with Crippen molar-refractivity contribution in [1.29, 1.82) is 0 Å². The van der Waals surface area contributed by atoms with Crippen LogP contribution in [0.4, 0.5) is 5.69 Å². The third-order valence-electron chi connectivity index (χ3n) is 3.98. The van der Waals surface area contributed by atoms with E-state index >= 15 is 0 Å². The second kappa shape index (κ2) is 8.26. The highest BCUT2D eigenvalue weighted by atomic mass is 79.9. The lowest BCUT2D eigenvalue weighted by Crippen LogP contribution is -2.21. The second-order valence-electron chi connectivity index (χ2n) is 6.01. The minimum atomic E-state index is -0.579. The molecule has 1 heterocycles. The zero-order valence-electron chi connectivity index (χ0n) is 15.3. The maximum Gasteiger partial charge on any atom is 0.280 e. The van der Waals surface area contributed by atoms with Crippen molar-refractivity contribution in [1.82, 2.24) is 0 Å². The number of hydrogen-bond donors (Lipinski definition) is 1. The fourth-order valence-electron chi connectivity index (χ4n) is 2.68. The first kappa shape index (κ1) is 19.6. The minimum Gasteiger partial charge on any atom is -0.493 e. The Bertz CT molecular complexity index is 1000. The molecular formula is C20H18BrN3O4. The second-order valence-corrected chi connectivity index (χ2v) is 6.92. The average Bonchev–Trinajstić information content (AvgIpc) is 2.95. The Hall–Kier alpha value is -3.13. The molecular weight excluding hydrogens is 426 g/mol. The summed E-state index contributed by atoms with van der Waals surface area (Å²) < 4.78 is 11.5. The normalized spacial score (nSPS) is 15.0. The molecule has 3 rings (SSSR count). The number of rotatable bonds is 6. The van der Waals surface area contributed by atoms with Crippen LogP contribution in [-0.2, 0) is 9.59 Å². The molecule has 0 bridgehead atoms. The Morgan fingerprint density at radius 1 is 1.25 bits per heavy atom. The topological polar surface area (TPSA) is 94.2 Å². The summed E-state index contributed by atoms with van der Waals surface area (Å²) in [6.07, 6.45) is 1.74. The van der Waals surface area contributed by atoms with E-state index in [1.807, 2.05) is 24.3 Å². The van der Waals surface area contributed by atoms with Gasteiger partial charge in [-0.25, -0.2) is 0 Å². The first-order valence-electron chi connectivity index (χ1n) is 8.35. The first-order valence-corrected chi connectivity index (χ1v) is 9.15. The smallest absolute Gasteiger partial charge is 0.280 e. The number of amides is 2. The van der Waals surface area contributed by atoms with Gasteiger partial charge in [0.15, 0.2) is 18.1 Å². The molecule has 0 unspecified atom stereocenters. The molecule has 0 radical (unpaired) electrons. The standard InChI is InChI=1S/C20H18BrN3O4/c1-12-16(20(26)24(23-12)15-5-3-4-14(21)10-15)8-13-6-7-17(18(9-13)27-2)28-11-19(22)25/h3-10H,11H2,1-2H3,(H2,22,25)/b16-8-. The maximum atomic E-state index is 12.9. The van der Waals surface area contributed by atoms with Crippen molar-refractivity contribution in [2.45, 2.75) is 6.92 Å². The Labute approximate surface area is 170 Å². The molecule has 8 heteroatoms. The van der Waals surface area contributed by atoms with Gasteiger partial charge in [0.2, 0.25) is 0 Å². The number of halogens is 1. The molecule has 144 valence electrons. The zero-order chi connectivity index (χ0) is 20.3. The van der Waals surface area contributed by atoms with Crippen LogP contribution in [0.25, 0.3) is 6.08 Å². The zero-order valence-corrected chi connectivity index (χ0v) is 16.9. The molecule has 0 saturated heterocycles. The van der Waals surface area contributed by atoms with Crippen LogP contribution in [0.1, 0.15) is 12.5 Å². The average molecular weight is 444 g/mol. The van der Waals surface area contributed by atoms with Crippen molar-refractivity contribution >= 4 is 45.2 Å². The molecule has 2 aromatic carbocycles. The fraction of sp³-hybridized carbons (Fsp3) is 0.150. The monoisotopic (exact) mass is 443 g/mol. The van der Waals surface area contributed by atoms with Gasteiger partial charge in [-0.2, -0.15) is 10.1 Å². The van der Waals surface area contributed by atoms with Gasteiger partial charge in [-0.15, -0.1) is 0 Å². The maximum absolute atomic E-state index is 12.9. The molecule has 28 heavy (non-hydrogen) atoms. The number of anilines is 1. The molecule has 0 aromatic heterocycles. The van der Waals surface area contributed by atoms with Crippen molar-refractivity contribution in [3.05, 3.63) is 58.1 Å². The quantitative estimate of drug-likeness (QED) is 0.693. The predicted molar refractivity (Wildman–Crippen MR) is 110 cm³/mol. The third kappa shape index (κ3) is 4.23. The predicted octanol–water partition coefficient (Wildman–Crippen LogP) is 3.13. The van der Waals surface area contributed by atoms with Gasteiger partial charge < -0.3 is 15.2 Å². The van der Waals surface area contributed by atoms with Crippen molar-refractivity contribution in [3.63, 3.8) is 0 Å². The van der Waals surface area contributed by atoms with E-state index < -0.39 is 5.91 Å². The number of nitrogens with zero attached hydrogens (tertiary/aromatic N) is 2. The Balaban J connectivity index is 1.88. The van der Waals surface area contributed by atoms with Crippen LogP contribution in [0.2, 0.25) is 0 Å². The van der Waals surface area contributed by atoms with Crippen molar-refractivity contribution in [2.24, 2.45) is 10.8 Å². The highest BCUT2D eigenvalue weighted by Gasteiger charge is 2.28. The van der Waals surface area contributed by atoms with Gasteiger partial charge in [0.05, 0.1) is 24.1 Å². The summed E-state index contributed by atoms with van der Waals surface area (Å²) in [6.45, 7) is 1.53. The van der Waals surface area contributed by atoms with E-state index in [1.165, 1.54) is 12.1 Å². The molecule has 0 atom stereocenters. The molecule has 1 aliphatic heterocycles. The summed E-state index contributed by atoms with van der Waals surface area (Å²) in [5.74, 6) is 0.0229. The van der Waals surface area contributed by atoms with Gasteiger partial charge in [-0.1, -0.05) is 28.1 Å². The summed E-state index contributed by atoms with van der Waals surface area (Å²) in [6, 6.07) is 12.5. The van der Waals surface area contributed by atoms with E-state index in [1.54, 1.807) is 31.2 Å². The van der Waals surface area contributed by atoms with Crippen LogP contribution in [0.3, 0.4) is 0 Å². The highest BCUT2D eigenvalue weighted by Crippen LogP contribution is 2.31. The highest BCUT2D eigenvalue weighted by molar-refractivity contribution is 9.10. The van der Waals surface area contributed by atoms with Gasteiger partial charge in [0, 0.05) is 4.47 Å². The summed E-state index contributed by atoms with van der Waals surface area (Å²) in [5.41, 5.74) is 7.60. The fourth-order valence-corrected chi connectivity index (χ4v) is 3.06. The van der Waals surface area contributed by atoms with E-state index in [-0.39, 0.29) is 12.5 Å². The Kier molecular flexibility index (Phi) is 5.79. The van der Waals surface area contributed by atoms with Gasteiger partial charge in [0.1, 0.15) is 0 Å². The first-order chi connectivity index (χ1) is 13.4. The summed E-state index contributed by atoms with van der Waals surface area (Å²) >= 11 is 3.40. The third-order valence-corrected chi connectivity index (χ3v) is 4.48. The van der Waals surface area contributed by atoms with Crippen LogP contribution >= 0.6 is 15.9 Å². The molecule has 1 aliphatic rings. The molecule has 2 amide bonds. The molecule has 7 nitrogen and oxygen atoms in total. The SMILES string of the molecule is COc1cc(/C=C2\C(=O)N(c3cccc(Br)c3)N=C2C)ccc1OCC(N)=O. The van der Waals surface area contributed by atoms with Crippen LogP contribution in [0, 0.1) is 0 Å². The number of hydrazone groups is 1. The number of benzene rings is 2.